The lowest BCUT2D eigenvalue weighted by Gasteiger charge is -2.31. The molecule has 0 aliphatic carbocycles. The van der Waals surface area contributed by atoms with Crippen molar-refractivity contribution in [2.24, 2.45) is 0 Å². The van der Waals surface area contributed by atoms with Gasteiger partial charge in [-0.2, -0.15) is 9.97 Å². The Morgan fingerprint density at radius 2 is 1.97 bits per heavy atom. The maximum absolute atomic E-state index is 15.1. The highest BCUT2D eigenvalue weighted by Crippen LogP contribution is 2.37. The summed E-state index contributed by atoms with van der Waals surface area (Å²) in [5.41, 5.74) is 2.68. The summed E-state index contributed by atoms with van der Waals surface area (Å²) in [5.74, 6) is -6.83. The van der Waals surface area contributed by atoms with Crippen LogP contribution in [0.5, 0.6) is 0 Å². The predicted octanol–water partition coefficient (Wildman–Crippen LogP) is 0.541. The Morgan fingerprint density at radius 1 is 1.30 bits per heavy atom. The molecule has 18 heteroatoms. The molecule has 0 radical (unpaired) electrons. The number of aromatic carboxylic acids is 1. The topological polar surface area (TPSA) is 233 Å². The molecule has 0 saturated carbocycles. The van der Waals surface area contributed by atoms with E-state index in [0.29, 0.717) is 11.3 Å². The number of anilines is 1. The van der Waals surface area contributed by atoms with E-state index in [1.54, 1.807) is 0 Å². The molecule has 4 heterocycles. The van der Waals surface area contributed by atoms with Crippen molar-refractivity contribution in [3.8, 4) is 0 Å². The Morgan fingerprint density at radius 3 is 2.57 bits per heavy atom. The number of fused-ring (bicyclic) bond motifs is 1. The molecule has 1 unspecified atom stereocenters. The summed E-state index contributed by atoms with van der Waals surface area (Å²) in [4.78, 5) is 50.9. The fraction of sp³-hybridized carbons (Fsp3) is 0.421. The summed E-state index contributed by atoms with van der Waals surface area (Å²) in [6.45, 7) is 0.294. The van der Waals surface area contributed by atoms with Crippen LogP contribution >= 0.6 is 22.9 Å². The Bertz CT molecular complexity index is 1370. The van der Waals surface area contributed by atoms with Gasteiger partial charge in [0.25, 0.3) is 5.60 Å². The van der Waals surface area contributed by atoms with Gasteiger partial charge in [0, 0.05) is 5.38 Å². The van der Waals surface area contributed by atoms with E-state index in [0.717, 1.165) is 10.9 Å². The third-order valence-electron chi connectivity index (χ3n) is 5.86. The molecule has 4 rings (SSSR count). The van der Waals surface area contributed by atoms with Gasteiger partial charge in [0.05, 0.1) is 24.5 Å². The molecule has 37 heavy (non-hydrogen) atoms. The molecule has 1 fully saturated rings. The minimum absolute atomic E-state index is 0.00396. The lowest BCUT2D eigenvalue weighted by molar-refractivity contribution is -0.193. The number of carboxylic acids is 3. The first-order valence-corrected chi connectivity index (χ1v) is 11.6. The van der Waals surface area contributed by atoms with E-state index in [4.69, 9.17) is 31.9 Å². The van der Waals surface area contributed by atoms with Gasteiger partial charge >= 0.3 is 17.9 Å². The van der Waals surface area contributed by atoms with Gasteiger partial charge in [-0.1, -0.05) is 6.92 Å². The second-order valence-corrected chi connectivity index (χ2v) is 9.16. The second-order valence-electron chi connectivity index (χ2n) is 7.96. The maximum atomic E-state index is 15.1. The number of thiazole rings is 1. The van der Waals surface area contributed by atoms with E-state index in [-0.39, 0.29) is 33.0 Å². The number of alkyl halides is 1. The zero-order chi connectivity index (χ0) is 27.2. The molecule has 0 amide bonds. The van der Waals surface area contributed by atoms with Crippen LogP contribution in [0.2, 0.25) is 5.28 Å². The molecular weight excluding hydrogens is 543 g/mol. The van der Waals surface area contributed by atoms with Gasteiger partial charge in [0.15, 0.2) is 23.9 Å². The van der Waals surface area contributed by atoms with Crippen molar-refractivity contribution in [3.63, 3.8) is 0 Å². The van der Waals surface area contributed by atoms with Crippen LogP contribution in [-0.2, 0) is 19.1 Å². The van der Waals surface area contributed by atoms with Crippen molar-refractivity contribution in [3.05, 3.63) is 27.7 Å². The number of imidazole rings is 1. The third-order valence-corrected chi connectivity index (χ3v) is 6.88. The minimum atomic E-state index is -2.98. The van der Waals surface area contributed by atoms with Gasteiger partial charge in [0.1, 0.15) is 17.7 Å². The van der Waals surface area contributed by atoms with E-state index in [2.05, 4.69) is 19.9 Å². The highest BCUT2D eigenvalue weighted by Gasteiger charge is 2.56. The van der Waals surface area contributed by atoms with Crippen LogP contribution in [0.4, 0.5) is 10.2 Å². The largest absolute Gasteiger partial charge is 0.479 e. The number of aliphatic hydroxyl groups is 1. The normalized spacial score (nSPS) is 22.8. The second kappa shape index (κ2) is 9.75. The molecule has 198 valence electrons. The van der Waals surface area contributed by atoms with E-state index in [9.17, 15) is 29.7 Å². The summed E-state index contributed by atoms with van der Waals surface area (Å²) in [5, 5.41) is 39.7. The number of nitrogen functional groups attached to an aromatic ring is 1. The smallest absolute Gasteiger partial charge is 0.365 e. The number of nitrogens with two attached hydrogens (primary N) is 1. The number of aliphatic hydroxyl groups excluding tert-OH is 1. The third kappa shape index (κ3) is 4.44. The van der Waals surface area contributed by atoms with E-state index in [1.165, 1.54) is 12.3 Å². The molecule has 15 nitrogen and oxygen atoms in total. The summed E-state index contributed by atoms with van der Waals surface area (Å²) in [6.07, 6.45) is -5.90. The molecule has 6 N–H and O–H groups in total. The summed E-state index contributed by atoms with van der Waals surface area (Å²) >= 11 is 6.48. The van der Waals surface area contributed by atoms with E-state index >= 15 is 4.39 Å². The van der Waals surface area contributed by atoms with Crippen molar-refractivity contribution in [2.75, 3.05) is 12.3 Å². The number of aromatic nitrogens is 5. The highest BCUT2D eigenvalue weighted by atomic mass is 35.5. The standard InChI is InChI=1S/C19H18ClFN6O9S/c1-5(6-3-37-13(24-6)15(29)30)19(16(31)32,17(33)34)35-2-7-10(28)8(21)14(36-7)27-4-23-9-11(22)25-18(20)26-12(9)27/h3-5,7-8,10,14,28H,2H2,1H3,(H,29,30)(H,31,32)(H,33,34)(H2,22,25,26)/t5?,7-,8+,10-,14-/m1/s1. The van der Waals surface area contributed by atoms with Crippen molar-refractivity contribution >= 4 is 57.8 Å². The Hall–Kier alpha value is -3.51. The fourth-order valence-electron chi connectivity index (χ4n) is 3.88. The highest BCUT2D eigenvalue weighted by molar-refractivity contribution is 7.11. The Labute approximate surface area is 214 Å². The molecular formula is C19H18ClFN6O9S. The number of carboxylic acid groups (broad SMARTS) is 3. The molecule has 1 saturated heterocycles. The number of rotatable bonds is 9. The average molecular weight is 561 g/mol. The Balaban J connectivity index is 1.60. The summed E-state index contributed by atoms with van der Waals surface area (Å²) in [7, 11) is 0. The molecule has 0 spiro atoms. The van der Waals surface area contributed by atoms with Crippen molar-refractivity contribution < 1.29 is 48.7 Å². The molecule has 1 aliphatic rings. The quantitative estimate of drug-likeness (QED) is 0.177. The lowest BCUT2D eigenvalue weighted by Crippen LogP contribution is -2.54. The van der Waals surface area contributed by atoms with Crippen molar-refractivity contribution in [1.82, 2.24) is 24.5 Å². The van der Waals surface area contributed by atoms with E-state index < -0.39 is 60.6 Å². The predicted molar refractivity (Wildman–Crippen MR) is 121 cm³/mol. The summed E-state index contributed by atoms with van der Waals surface area (Å²) in [6, 6.07) is 0. The van der Waals surface area contributed by atoms with Gasteiger partial charge in [-0.3, -0.25) is 4.57 Å². The Kier molecular flexibility index (Phi) is 6.99. The van der Waals surface area contributed by atoms with Crippen LogP contribution in [0.1, 0.15) is 34.6 Å². The number of ether oxygens (including phenoxy) is 2. The van der Waals surface area contributed by atoms with Gasteiger partial charge in [-0.25, -0.2) is 28.7 Å². The first kappa shape index (κ1) is 26.6. The van der Waals surface area contributed by atoms with Crippen molar-refractivity contribution in [1.29, 1.82) is 0 Å². The molecule has 1 aliphatic heterocycles. The van der Waals surface area contributed by atoms with Crippen LogP contribution in [-0.4, -0.2) is 93.4 Å². The summed E-state index contributed by atoms with van der Waals surface area (Å²) < 4.78 is 27.0. The zero-order valence-corrected chi connectivity index (χ0v) is 20.1. The zero-order valence-electron chi connectivity index (χ0n) is 18.6. The number of halogens is 2. The number of hydrogen-bond donors (Lipinski definition) is 5. The van der Waals surface area contributed by atoms with Crippen LogP contribution in [0, 0.1) is 0 Å². The number of carbonyl (C=O) groups is 3. The first-order chi connectivity index (χ1) is 17.4. The molecule has 5 atom stereocenters. The minimum Gasteiger partial charge on any atom is -0.479 e. The number of nitrogens with zero attached hydrogens (tertiary/aromatic N) is 5. The van der Waals surface area contributed by atoms with Gasteiger partial charge < -0.3 is 35.6 Å². The molecule has 0 bridgehead atoms. The monoisotopic (exact) mass is 560 g/mol. The fourth-order valence-corrected chi connectivity index (χ4v) is 4.80. The van der Waals surface area contributed by atoms with Crippen LogP contribution < -0.4 is 5.73 Å². The number of hydrogen-bond acceptors (Lipinski definition) is 12. The molecule has 3 aromatic rings. The van der Waals surface area contributed by atoms with Crippen molar-refractivity contribution in [2.45, 2.75) is 43.1 Å². The first-order valence-electron chi connectivity index (χ1n) is 10.3. The SMILES string of the molecule is CC(c1csc(C(=O)O)n1)C(OC[C@H]1O[C@@H](n2cnc3c(N)nc(Cl)nc32)[C@@H](F)[C@@H]1O)(C(=O)O)C(=O)O. The van der Waals surface area contributed by atoms with Gasteiger partial charge in [-0.05, 0) is 11.6 Å². The maximum Gasteiger partial charge on any atom is 0.365 e. The molecule has 3 aromatic heterocycles. The van der Waals surface area contributed by atoms with Crippen LogP contribution in [0.15, 0.2) is 11.7 Å². The number of aliphatic carboxylic acids is 2. The van der Waals surface area contributed by atoms with Crippen LogP contribution in [0.3, 0.4) is 0 Å². The van der Waals surface area contributed by atoms with E-state index in [1.807, 2.05) is 0 Å². The molecule has 0 aromatic carbocycles. The van der Waals surface area contributed by atoms with Gasteiger partial charge in [-0.15, -0.1) is 11.3 Å². The average Bonchev–Trinajstić information content (AvgIpc) is 3.53. The van der Waals surface area contributed by atoms with Gasteiger partial charge in [0.2, 0.25) is 10.3 Å². The van der Waals surface area contributed by atoms with Crippen LogP contribution in [0.25, 0.3) is 11.2 Å². The lowest BCUT2D eigenvalue weighted by atomic mass is 9.86.